The Morgan fingerprint density at radius 3 is 2.36 bits per heavy atom. The SMILES string of the molecule is CN(c1ccccc1)[N+](=O)[O-]. The van der Waals surface area contributed by atoms with Crippen LogP contribution < -0.4 is 5.01 Å². The Kier molecular flexibility index (Phi) is 2.06. The van der Waals surface area contributed by atoms with Crippen molar-refractivity contribution in [2.75, 3.05) is 12.1 Å². The Labute approximate surface area is 64.2 Å². The van der Waals surface area contributed by atoms with Gasteiger partial charge in [-0.15, -0.1) is 0 Å². The summed E-state index contributed by atoms with van der Waals surface area (Å²) in [6.07, 6.45) is 0. The van der Waals surface area contributed by atoms with Crippen LogP contribution in [0.3, 0.4) is 0 Å². The molecule has 0 unspecified atom stereocenters. The lowest BCUT2D eigenvalue weighted by molar-refractivity contribution is -0.490. The van der Waals surface area contributed by atoms with E-state index in [4.69, 9.17) is 0 Å². The highest BCUT2D eigenvalue weighted by Crippen LogP contribution is 2.09. The van der Waals surface area contributed by atoms with Crippen LogP contribution >= 0.6 is 0 Å². The average Bonchev–Trinajstić information content (AvgIpc) is 2.05. The Morgan fingerprint density at radius 1 is 1.36 bits per heavy atom. The maximum atomic E-state index is 10.2. The van der Waals surface area contributed by atoms with Crippen LogP contribution in [0, 0.1) is 10.1 Å². The fraction of sp³-hybridized carbons (Fsp3) is 0.143. The van der Waals surface area contributed by atoms with Crippen molar-refractivity contribution in [3.63, 3.8) is 0 Å². The molecule has 0 N–H and O–H groups in total. The number of hydrazine groups is 1. The van der Waals surface area contributed by atoms with Crippen molar-refractivity contribution in [3.8, 4) is 0 Å². The number of hydrogen-bond donors (Lipinski definition) is 0. The third kappa shape index (κ3) is 1.67. The number of hydrogen-bond acceptors (Lipinski definition) is 2. The van der Waals surface area contributed by atoms with Gasteiger partial charge >= 0.3 is 0 Å². The fourth-order valence-electron chi connectivity index (χ4n) is 0.738. The zero-order valence-corrected chi connectivity index (χ0v) is 6.10. The van der Waals surface area contributed by atoms with Crippen molar-refractivity contribution < 1.29 is 5.03 Å². The zero-order valence-electron chi connectivity index (χ0n) is 6.10. The minimum Gasteiger partial charge on any atom is -0.234 e. The summed E-state index contributed by atoms with van der Waals surface area (Å²) < 4.78 is 0. The predicted octanol–water partition coefficient (Wildman–Crippen LogP) is 1.31. The van der Waals surface area contributed by atoms with Crippen LogP contribution in [0.2, 0.25) is 0 Å². The highest BCUT2D eigenvalue weighted by atomic mass is 16.7. The third-order valence-corrected chi connectivity index (χ3v) is 1.37. The summed E-state index contributed by atoms with van der Waals surface area (Å²) in [4.78, 5) is 10.2. The molecule has 1 rings (SSSR count). The zero-order chi connectivity index (χ0) is 8.27. The van der Waals surface area contributed by atoms with E-state index in [0.29, 0.717) is 5.69 Å². The minimum absolute atomic E-state index is 0.463. The van der Waals surface area contributed by atoms with E-state index in [2.05, 4.69) is 0 Å². The molecule has 0 amide bonds. The normalized spacial score (nSPS) is 9.18. The maximum absolute atomic E-state index is 10.2. The van der Waals surface area contributed by atoms with Crippen molar-refractivity contribution >= 4 is 5.69 Å². The summed E-state index contributed by atoms with van der Waals surface area (Å²) in [6.45, 7) is 0. The molecule has 0 fully saturated rings. The molecule has 1 aromatic carbocycles. The molecule has 0 radical (unpaired) electrons. The van der Waals surface area contributed by atoms with Crippen LogP contribution in [-0.2, 0) is 0 Å². The van der Waals surface area contributed by atoms with Crippen molar-refractivity contribution in [3.05, 3.63) is 40.4 Å². The van der Waals surface area contributed by atoms with Gasteiger partial charge in [0.15, 0.2) is 5.03 Å². The summed E-state index contributed by atoms with van der Waals surface area (Å²) in [6, 6.07) is 8.70. The van der Waals surface area contributed by atoms with E-state index in [0.717, 1.165) is 5.01 Å². The molecule has 11 heavy (non-hydrogen) atoms. The van der Waals surface area contributed by atoms with Crippen molar-refractivity contribution in [2.45, 2.75) is 0 Å². The van der Waals surface area contributed by atoms with Crippen LogP contribution in [0.1, 0.15) is 0 Å². The van der Waals surface area contributed by atoms with Gasteiger partial charge in [-0.3, -0.25) is 0 Å². The van der Waals surface area contributed by atoms with Crippen LogP contribution in [0.5, 0.6) is 0 Å². The standard InChI is InChI=1S/C7H8N2O2/c1-8(9(10)11)7-5-3-2-4-6-7/h2-6H,1H3. The predicted molar refractivity (Wildman–Crippen MR) is 41.8 cm³/mol. The molecule has 0 heterocycles. The van der Waals surface area contributed by atoms with Gasteiger partial charge in [-0.2, -0.15) is 0 Å². The number of rotatable bonds is 2. The van der Waals surface area contributed by atoms with Gasteiger partial charge in [-0.25, -0.2) is 10.1 Å². The molecule has 1 aromatic rings. The molecule has 0 saturated heterocycles. The van der Waals surface area contributed by atoms with E-state index >= 15 is 0 Å². The fourth-order valence-corrected chi connectivity index (χ4v) is 0.738. The molecular formula is C7H8N2O2. The van der Waals surface area contributed by atoms with Crippen LogP contribution in [-0.4, -0.2) is 12.1 Å². The van der Waals surface area contributed by atoms with Gasteiger partial charge in [0, 0.05) is 0 Å². The van der Waals surface area contributed by atoms with E-state index in [1.807, 2.05) is 6.07 Å². The lowest BCUT2D eigenvalue weighted by Crippen LogP contribution is -2.24. The van der Waals surface area contributed by atoms with E-state index in [1.54, 1.807) is 24.3 Å². The van der Waals surface area contributed by atoms with Gasteiger partial charge in [0.1, 0.15) is 5.69 Å². The molecule has 0 aliphatic rings. The molecule has 0 spiro atoms. The third-order valence-electron chi connectivity index (χ3n) is 1.37. The number of para-hydroxylation sites is 1. The molecule has 0 aromatic heterocycles. The summed E-state index contributed by atoms with van der Waals surface area (Å²) in [5.74, 6) is 0. The lowest BCUT2D eigenvalue weighted by Gasteiger charge is -2.06. The molecule has 0 saturated carbocycles. The first-order valence-electron chi connectivity index (χ1n) is 3.15. The minimum atomic E-state index is -0.463. The van der Waals surface area contributed by atoms with E-state index in [-0.39, 0.29) is 0 Å². The molecule has 0 bridgehead atoms. The highest BCUT2D eigenvalue weighted by molar-refractivity contribution is 5.41. The second kappa shape index (κ2) is 3.01. The number of nitro groups is 1. The van der Waals surface area contributed by atoms with Gasteiger partial charge < -0.3 is 0 Å². The Balaban J connectivity index is 2.85. The second-order valence-electron chi connectivity index (χ2n) is 2.10. The van der Waals surface area contributed by atoms with E-state index in [9.17, 15) is 10.1 Å². The average molecular weight is 152 g/mol. The summed E-state index contributed by atoms with van der Waals surface area (Å²) in [5, 5.41) is 10.7. The van der Waals surface area contributed by atoms with Crippen LogP contribution in [0.15, 0.2) is 30.3 Å². The topological polar surface area (TPSA) is 46.4 Å². The van der Waals surface area contributed by atoms with Gasteiger partial charge in [-0.05, 0) is 12.1 Å². The van der Waals surface area contributed by atoms with Crippen LogP contribution in [0.25, 0.3) is 0 Å². The summed E-state index contributed by atoms with van der Waals surface area (Å²) >= 11 is 0. The molecule has 58 valence electrons. The molecular weight excluding hydrogens is 144 g/mol. The largest absolute Gasteiger partial charge is 0.234 e. The maximum Gasteiger partial charge on any atom is 0.164 e. The smallest absolute Gasteiger partial charge is 0.164 e. The molecule has 4 nitrogen and oxygen atoms in total. The lowest BCUT2D eigenvalue weighted by atomic mass is 10.3. The molecule has 0 aliphatic carbocycles. The first kappa shape index (κ1) is 7.53. The van der Waals surface area contributed by atoms with Crippen molar-refractivity contribution in [1.29, 1.82) is 0 Å². The van der Waals surface area contributed by atoms with Gasteiger partial charge in [-0.1, -0.05) is 23.2 Å². The van der Waals surface area contributed by atoms with Gasteiger partial charge in [0.2, 0.25) is 0 Å². The molecule has 0 aliphatic heterocycles. The number of anilines is 1. The van der Waals surface area contributed by atoms with Crippen molar-refractivity contribution in [1.82, 2.24) is 0 Å². The second-order valence-corrected chi connectivity index (χ2v) is 2.10. The van der Waals surface area contributed by atoms with Crippen LogP contribution in [0.4, 0.5) is 5.69 Å². The number of nitrogens with zero attached hydrogens (tertiary/aromatic N) is 2. The van der Waals surface area contributed by atoms with E-state index < -0.39 is 5.03 Å². The Bertz CT molecular complexity index is 248. The van der Waals surface area contributed by atoms with Crippen molar-refractivity contribution in [2.24, 2.45) is 0 Å². The number of benzene rings is 1. The summed E-state index contributed by atoms with van der Waals surface area (Å²) in [5.41, 5.74) is 0.581. The summed E-state index contributed by atoms with van der Waals surface area (Å²) in [7, 11) is 1.41. The molecule has 0 atom stereocenters. The molecule has 4 heteroatoms. The first-order chi connectivity index (χ1) is 5.22. The van der Waals surface area contributed by atoms with Gasteiger partial charge in [0.25, 0.3) is 0 Å². The quantitative estimate of drug-likeness (QED) is 0.474. The Morgan fingerprint density at radius 2 is 1.91 bits per heavy atom. The Hall–Kier alpha value is -1.58. The highest BCUT2D eigenvalue weighted by Gasteiger charge is 2.07. The van der Waals surface area contributed by atoms with E-state index in [1.165, 1.54) is 7.05 Å². The monoisotopic (exact) mass is 152 g/mol. The first-order valence-corrected chi connectivity index (χ1v) is 3.15. The van der Waals surface area contributed by atoms with Gasteiger partial charge in [0.05, 0.1) is 7.05 Å².